The van der Waals surface area contributed by atoms with Crippen LogP contribution in [0.15, 0.2) is 64.0 Å². The lowest BCUT2D eigenvalue weighted by Gasteiger charge is -2.07. The third-order valence-electron chi connectivity index (χ3n) is 5.61. The molecule has 188 valence electrons. The molecule has 35 heavy (non-hydrogen) atoms. The van der Waals surface area contributed by atoms with E-state index in [0.29, 0.717) is 23.3 Å². The summed E-state index contributed by atoms with van der Waals surface area (Å²) in [7, 11) is -1.05. The lowest BCUT2D eigenvalue weighted by atomic mass is 10.1. The van der Waals surface area contributed by atoms with Gasteiger partial charge in [-0.25, -0.2) is 9.97 Å². The second kappa shape index (κ2) is 10.4. The van der Waals surface area contributed by atoms with Crippen LogP contribution in [0.25, 0.3) is 34.3 Å². The number of rotatable bonds is 8. The highest BCUT2D eigenvalue weighted by Crippen LogP contribution is 2.28. The van der Waals surface area contributed by atoms with Gasteiger partial charge in [0, 0.05) is 38.1 Å². The molecule has 5 rings (SSSR count). The summed E-state index contributed by atoms with van der Waals surface area (Å²) in [6.45, 7) is 4.72. The van der Waals surface area contributed by atoms with E-state index in [0.717, 1.165) is 22.6 Å². The summed E-state index contributed by atoms with van der Waals surface area (Å²) in [5.41, 5.74) is 9.88. The van der Waals surface area contributed by atoms with Crippen LogP contribution < -0.4 is 11.1 Å². The summed E-state index contributed by atoms with van der Waals surface area (Å²) in [5.74, 6) is 0.806. The van der Waals surface area contributed by atoms with Gasteiger partial charge in [0.25, 0.3) is 5.89 Å². The topological polar surface area (TPSA) is 151 Å². The second-order valence-electron chi connectivity index (χ2n) is 8.62. The van der Waals surface area contributed by atoms with Gasteiger partial charge in [-0.2, -0.15) is 0 Å². The van der Waals surface area contributed by atoms with Crippen molar-refractivity contribution in [3.05, 3.63) is 60.3 Å². The molecule has 0 bridgehead atoms. The molecule has 2 heterocycles. The Morgan fingerprint density at radius 3 is 2.37 bits per heavy atom. The maximum Gasteiger partial charge on any atom is 0.270 e. The molecule has 1 atom stereocenters. The first kappa shape index (κ1) is 24.6. The van der Waals surface area contributed by atoms with Crippen LogP contribution in [0.3, 0.4) is 0 Å². The fourth-order valence-electron chi connectivity index (χ4n) is 3.48. The van der Waals surface area contributed by atoms with Crippen molar-refractivity contribution >= 4 is 16.6 Å². The van der Waals surface area contributed by atoms with Crippen molar-refractivity contribution in [2.24, 2.45) is 0 Å². The van der Waals surface area contributed by atoms with Crippen LogP contribution >= 0.6 is 0 Å². The predicted octanol–water partition coefficient (Wildman–Crippen LogP) is 4.12. The van der Waals surface area contributed by atoms with Gasteiger partial charge in [0.05, 0.1) is 22.7 Å². The number of hydrogen-bond acceptors (Lipinski definition) is 8. The standard InChI is InChI=1S/C25H26N6O2S.H2O.3H2/c1-15(2)34(32)20-11-7-17(8-12-20)21-14-28-23(26)22(29-21)25-31-30-24(33-25)18-5-3-16(4-6-18)13-27-19-9-10-19;;;;/h3-8,11-12,14-15,19,27H,9-10,13H2,1-2H3,(H2,26,28);1H2;3*1H. The van der Waals surface area contributed by atoms with Gasteiger partial charge in [-0.15, -0.1) is 10.2 Å². The molecule has 2 aromatic heterocycles. The summed E-state index contributed by atoms with van der Waals surface area (Å²) in [4.78, 5) is 9.67. The Kier molecular flexibility index (Phi) is 7.34. The SMILES string of the molecule is CC(C)S(=O)c1ccc(-c2cnc(N)c(-c3nnc(-c4ccc(CNC5CC5)cc4)o3)n2)cc1.O.[HH].[HH].[HH]. The number of anilines is 1. The van der Waals surface area contributed by atoms with Gasteiger partial charge in [-0.1, -0.05) is 38.1 Å². The zero-order valence-corrected chi connectivity index (χ0v) is 20.4. The van der Waals surface area contributed by atoms with Gasteiger partial charge >= 0.3 is 0 Å². The minimum atomic E-state index is -1.05. The highest BCUT2D eigenvalue weighted by atomic mass is 32.2. The first-order valence-electron chi connectivity index (χ1n) is 11.3. The van der Waals surface area contributed by atoms with Gasteiger partial charge in [-0.3, -0.25) is 4.21 Å². The number of nitrogen functional groups attached to an aromatic ring is 1. The van der Waals surface area contributed by atoms with E-state index in [4.69, 9.17) is 10.2 Å². The molecule has 9 nitrogen and oxygen atoms in total. The van der Waals surface area contributed by atoms with E-state index in [-0.39, 0.29) is 26.7 Å². The highest BCUT2D eigenvalue weighted by Gasteiger charge is 2.20. The normalized spacial score (nSPS) is 14.0. The van der Waals surface area contributed by atoms with E-state index >= 15 is 0 Å². The fraction of sp³-hybridized carbons (Fsp3) is 0.280. The van der Waals surface area contributed by atoms with Crippen LogP contribution in [0.5, 0.6) is 0 Å². The van der Waals surface area contributed by atoms with Gasteiger partial charge in [0.1, 0.15) is 0 Å². The predicted molar refractivity (Wildman–Crippen MR) is 142 cm³/mol. The fourth-order valence-corrected chi connectivity index (χ4v) is 4.43. The maximum atomic E-state index is 12.3. The third kappa shape index (κ3) is 5.61. The molecular weight excluding hydrogens is 464 g/mol. The van der Waals surface area contributed by atoms with Crippen molar-refractivity contribution in [2.45, 2.75) is 49.4 Å². The minimum absolute atomic E-state index is 0. The van der Waals surface area contributed by atoms with Crippen LogP contribution in [-0.4, -0.2) is 41.1 Å². The summed E-state index contributed by atoms with van der Waals surface area (Å²) < 4.78 is 18.2. The van der Waals surface area contributed by atoms with Gasteiger partial charge in [-0.05, 0) is 42.7 Å². The van der Waals surface area contributed by atoms with E-state index in [9.17, 15) is 4.21 Å². The van der Waals surface area contributed by atoms with E-state index in [1.165, 1.54) is 18.4 Å². The van der Waals surface area contributed by atoms with E-state index in [1.54, 1.807) is 6.20 Å². The first-order chi connectivity index (χ1) is 16.5. The smallest absolute Gasteiger partial charge is 0.270 e. The zero-order chi connectivity index (χ0) is 23.7. The number of aromatic nitrogens is 4. The van der Waals surface area contributed by atoms with E-state index < -0.39 is 10.8 Å². The lowest BCUT2D eigenvalue weighted by Crippen LogP contribution is -2.14. The number of nitrogens with one attached hydrogen (secondary N) is 1. The Labute approximate surface area is 210 Å². The summed E-state index contributed by atoms with van der Waals surface area (Å²) in [6, 6.07) is 16.2. The Hall–Kier alpha value is -3.47. The molecule has 0 aliphatic heterocycles. The van der Waals surface area contributed by atoms with Crippen LogP contribution in [0.4, 0.5) is 5.82 Å². The van der Waals surface area contributed by atoms with Gasteiger partial charge in [0.2, 0.25) is 5.89 Å². The summed E-state index contributed by atoms with van der Waals surface area (Å²) in [6.07, 6.45) is 4.12. The third-order valence-corrected chi connectivity index (χ3v) is 7.21. The Bertz CT molecular complexity index is 1330. The van der Waals surface area contributed by atoms with Crippen LogP contribution in [0, 0.1) is 0 Å². The molecule has 1 aliphatic rings. The van der Waals surface area contributed by atoms with Crippen molar-refractivity contribution in [1.29, 1.82) is 0 Å². The Balaban J connectivity index is 0.00000180. The summed E-state index contributed by atoms with van der Waals surface area (Å²) in [5, 5.41) is 11.9. The van der Waals surface area contributed by atoms with Crippen molar-refractivity contribution < 1.29 is 18.4 Å². The second-order valence-corrected chi connectivity index (χ2v) is 10.6. The number of nitrogens with zero attached hydrogens (tertiary/aromatic N) is 4. The van der Waals surface area contributed by atoms with Crippen LogP contribution in [0.2, 0.25) is 0 Å². The van der Waals surface area contributed by atoms with Crippen molar-refractivity contribution in [1.82, 2.24) is 25.5 Å². The minimum Gasteiger partial charge on any atom is -0.414 e. The van der Waals surface area contributed by atoms with Crippen LogP contribution in [-0.2, 0) is 17.3 Å². The average molecular weight is 499 g/mol. The van der Waals surface area contributed by atoms with E-state index in [2.05, 4.69) is 37.6 Å². The van der Waals surface area contributed by atoms with Crippen LogP contribution in [0.1, 0.15) is 36.5 Å². The maximum absolute atomic E-state index is 12.3. The molecule has 1 unspecified atom stereocenters. The molecule has 10 heteroatoms. The molecular formula is C25H34N6O3S. The quantitative estimate of drug-likeness (QED) is 0.368. The monoisotopic (exact) mass is 498 g/mol. The van der Waals surface area contributed by atoms with Gasteiger partial charge in [0.15, 0.2) is 11.5 Å². The molecule has 0 amide bonds. The van der Waals surface area contributed by atoms with Crippen molar-refractivity contribution in [3.63, 3.8) is 0 Å². The number of hydrogen-bond donors (Lipinski definition) is 2. The lowest BCUT2D eigenvalue weighted by molar-refractivity contribution is 0.582. The molecule has 0 radical (unpaired) electrons. The molecule has 1 saturated carbocycles. The van der Waals surface area contributed by atoms with E-state index in [1.807, 2.05) is 50.2 Å². The van der Waals surface area contributed by atoms with Crippen molar-refractivity contribution in [2.75, 3.05) is 5.73 Å². The Morgan fingerprint density at radius 1 is 1.06 bits per heavy atom. The molecule has 1 aliphatic carbocycles. The Morgan fingerprint density at radius 2 is 1.71 bits per heavy atom. The molecule has 4 aromatic rings. The number of benzene rings is 2. The molecule has 1 fully saturated rings. The van der Waals surface area contributed by atoms with Crippen molar-refractivity contribution in [3.8, 4) is 34.3 Å². The van der Waals surface area contributed by atoms with Gasteiger partial charge < -0.3 is 20.9 Å². The zero-order valence-electron chi connectivity index (χ0n) is 19.6. The summed E-state index contributed by atoms with van der Waals surface area (Å²) >= 11 is 0. The molecule has 2 aromatic carbocycles. The molecule has 0 spiro atoms. The average Bonchev–Trinajstić information content (AvgIpc) is 3.57. The first-order valence-corrected chi connectivity index (χ1v) is 12.5. The molecule has 5 N–H and O–H groups in total. The highest BCUT2D eigenvalue weighted by molar-refractivity contribution is 7.85. The molecule has 0 saturated heterocycles. The largest absolute Gasteiger partial charge is 0.414 e. The number of nitrogens with two attached hydrogens (primary N) is 1.